The normalized spacial score (nSPS) is 10.2. The molecule has 1 aromatic rings. The Morgan fingerprint density at radius 1 is 1.31 bits per heavy atom. The summed E-state index contributed by atoms with van der Waals surface area (Å²) in [6.45, 7) is 4.87. The first-order valence-electron chi connectivity index (χ1n) is 3.90. The van der Waals surface area contributed by atoms with Gasteiger partial charge in [-0.05, 0) is 12.5 Å². The summed E-state index contributed by atoms with van der Waals surface area (Å²) in [6, 6.07) is 0.802. The smallest absolute Gasteiger partial charge is 0.164 e. The van der Waals surface area contributed by atoms with Crippen molar-refractivity contribution in [3.8, 4) is 0 Å². The fraction of sp³-hybridized carbons (Fsp3) is 0.200. The van der Waals surface area contributed by atoms with Gasteiger partial charge in [0.15, 0.2) is 11.6 Å². The van der Waals surface area contributed by atoms with Crippen LogP contribution in [0.15, 0.2) is 12.6 Å². The monoisotopic (exact) mass is 186 g/mol. The van der Waals surface area contributed by atoms with Crippen LogP contribution in [-0.4, -0.2) is 0 Å². The summed E-state index contributed by atoms with van der Waals surface area (Å²) in [6.07, 6.45) is 1.28. The second-order valence-electron chi connectivity index (χ2n) is 2.61. The fourth-order valence-corrected chi connectivity index (χ4v) is 1.14. The van der Waals surface area contributed by atoms with E-state index in [9.17, 15) is 13.2 Å². The van der Waals surface area contributed by atoms with Gasteiger partial charge in [0.2, 0.25) is 0 Å². The van der Waals surface area contributed by atoms with Crippen molar-refractivity contribution in [3.63, 3.8) is 0 Å². The van der Waals surface area contributed by atoms with Gasteiger partial charge in [-0.2, -0.15) is 0 Å². The van der Waals surface area contributed by atoms with Crippen LogP contribution in [0.4, 0.5) is 13.2 Å². The standard InChI is InChI=1S/C10H9F3/c1-3-6-5-8(11)10(13)7(4-2)9(6)12/h3,5H,1,4H2,2H3. The molecule has 3 heteroatoms. The molecule has 0 saturated carbocycles. The molecule has 0 aromatic heterocycles. The summed E-state index contributed by atoms with van der Waals surface area (Å²) in [4.78, 5) is 0. The summed E-state index contributed by atoms with van der Waals surface area (Å²) in [5, 5.41) is 0. The fourth-order valence-electron chi connectivity index (χ4n) is 1.14. The molecule has 0 atom stereocenters. The zero-order valence-electron chi connectivity index (χ0n) is 7.20. The Hall–Kier alpha value is -1.25. The molecule has 1 rings (SSSR count). The topological polar surface area (TPSA) is 0 Å². The van der Waals surface area contributed by atoms with Crippen LogP contribution in [0.1, 0.15) is 18.1 Å². The number of benzene rings is 1. The van der Waals surface area contributed by atoms with Gasteiger partial charge in [0.25, 0.3) is 0 Å². The highest BCUT2D eigenvalue weighted by molar-refractivity contribution is 5.50. The molecule has 0 spiro atoms. The second kappa shape index (κ2) is 3.64. The summed E-state index contributed by atoms with van der Waals surface area (Å²) in [5.41, 5.74) is -0.231. The first-order chi connectivity index (χ1) is 6.11. The second-order valence-corrected chi connectivity index (χ2v) is 2.61. The Kier molecular flexibility index (Phi) is 2.76. The van der Waals surface area contributed by atoms with E-state index in [-0.39, 0.29) is 17.5 Å². The number of halogens is 3. The zero-order valence-corrected chi connectivity index (χ0v) is 7.20. The van der Waals surface area contributed by atoms with Crippen LogP contribution in [0.2, 0.25) is 0 Å². The van der Waals surface area contributed by atoms with E-state index < -0.39 is 17.5 Å². The summed E-state index contributed by atoms with van der Waals surface area (Å²) < 4.78 is 39.0. The van der Waals surface area contributed by atoms with Crippen LogP contribution in [0.3, 0.4) is 0 Å². The molecule has 0 aliphatic heterocycles. The number of hydrogen-bond donors (Lipinski definition) is 0. The van der Waals surface area contributed by atoms with Crippen molar-refractivity contribution in [3.05, 3.63) is 41.2 Å². The molecule has 0 amide bonds. The van der Waals surface area contributed by atoms with Gasteiger partial charge in [-0.15, -0.1) is 0 Å². The Morgan fingerprint density at radius 2 is 1.92 bits per heavy atom. The maximum atomic E-state index is 13.2. The molecule has 1 aromatic carbocycles. The predicted molar refractivity (Wildman–Crippen MR) is 45.8 cm³/mol. The average Bonchev–Trinajstić information content (AvgIpc) is 2.12. The van der Waals surface area contributed by atoms with Gasteiger partial charge in [0.1, 0.15) is 5.82 Å². The lowest BCUT2D eigenvalue weighted by Gasteiger charge is -2.05. The Morgan fingerprint density at radius 3 is 2.38 bits per heavy atom. The highest BCUT2D eigenvalue weighted by atomic mass is 19.2. The Balaban J connectivity index is 3.47. The van der Waals surface area contributed by atoms with Gasteiger partial charge < -0.3 is 0 Å². The molecule has 0 aliphatic rings. The van der Waals surface area contributed by atoms with Crippen LogP contribution >= 0.6 is 0 Å². The predicted octanol–water partition coefficient (Wildman–Crippen LogP) is 3.31. The SMILES string of the molecule is C=Cc1cc(F)c(F)c(CC)c1F. The van der Waals surface area contributed by atoms with Gasteiger partial charge >= 0.3 is 0 Å². The van der Waals surface area contributed by atoms with E-state index in [2.05, 4.69) is 6.58 Å². The van der Waals surface area contributed by atoms with Crippen LogP contribution in [0.5, 0.6) is 0 Å². The third-order valence-corrected chi connectivity index (χ3v) is 1.85. The van der Waals surface area contributed by atoms with Crippen molar-refractivity contribution in [2.24, 2.45) is 0 Å². The van der Waals surface area contributed by atoms with Gasteiger partial charge in [0.05, 0.1) is 0 Å². The molecule has 0 unspecified atom stereocenters. The average molecular weight is 186 g/mol. The minimum absolute atomic E-state index is 0.00394. The van der Waals surface area contributed by atoms with Crippen molar-refractivity contribution >= 4 is 6.08 Å². The summed E-state index contributed by atoms with van der Waals surface area (Å²) in [5.74, 6) is -2.87. The first kappa shape index (κ1) is 9.84. The summed E-state index contributed by atoms with van der Waals surface area (Å²) >= 11 is 0. The van der Waals surface area contributed by atoms with E-state index in [1.165, 1.54) is 0 Å². The Bertz CT molecular complexity index is 343. The molecule has 70 valence electrons. The molecule has 13 heavy (non-hydrogen) atoms. The molecular formula is C10H9F3. The first-order valence-corrected chi connectivity index (χ1v) is 3.90. The van der Waals surface area contributed by atoms with E-state index >= 15 is 0 Å². The van der Waals surface area contributed by atoms with Gasteiger partial charge in [-0.3, -0.25) is 0 Å². The van der Waals surface area contributed by atoms with Crippen LogP contribution < -0.4 is 0 Å². The largest absolute Gasteiger partial charge is 0.206 e. The van der Waals surface area contributed by atoms with Crippen molar-refractivity contribution in [1.29, 1.82) is 0 Å². The molecule has 0 aliphatic carbocycles. The van der Waals surface area contributed by atoms with Crippen LogP contribution in [0.25, 0.3) is 6.08 Å². The lowest BCUT2D eigenvalue weighted by Crippen LogP contribution is -2.00. The maximum Gasteiger partial charge on any atom is 0.164 e. The highest BCUT2D eigenvalue weighted by Crippen LogP contribution is 2.21. The number of rotatable bonds is 2. The molecule has 0 fully saturated rings. The molecule has 0 nitrogen and oxygen atoms in total. The lowest BCUT2D eigenvalue weighted by molar-refractivity contribution is 0.480. The third-order valence-electron chi connectivity index (χ3n) is 1.85. The van der Waals surface area contributed by atoms with Crippen molar-refractivity contribution in [1.82, 2.24) is 0 Å². The highest BCUT2D eigenvalue weighted by Gasteiger charge is 2.15. The molecular weight excluding hydrogens is 177 g/mol. The Labute approximate surface area is 74.7 Å². The van der Waals surface area contributed by atoms with Crippen molar-refractivity contribution < 1.29 is 13.2 Å². The minimum atomic E-state index is -1.11. The molecule has 0 heterocycles. The van der Waals surface area contributed by atoms with E-state index in [0.717, 1.165) is 12.1 Å². The molecule has 0 bridgehead atoms. The van der Waals surface area contributed by atoms with Gasteiger partial charge in [0, 0.05) is 11.1 Å². The van der Waals surface area contributed by atoms with Crippen LogP contribution in [0, 0.1) is 17.5 Å². The van der Waals surface area contributed by atoms with E-state index in [4.69, 9.17) is 0 Å². The quantitative estimate of drug-likeness (QED) is 0.621. The lowest BCUT2D eigenvalue weighted by atomic mass is 10.1. The van der Waals surface area contributed by atoms with Gasteiger partial charge in [-0.1, -0.05) is 19.6 Å². The van der Waals surface area contributed by atoms with Crippen molar-refractivity contribution in [2.45, 2.75) is 13.3 Å². The minimum Gasteiger partial charge on any atom is -0.206 e. The van der Waals surface area contributed by atoms with Crippen molar-refractivity contribution in [2.75, 3.05) is 0 Å². The molecule has 0 radical (unpaired) electrons. The maximum absolute atomic E-state index is 13.2. The van der Waals surface area contributed by atoms with Crippen LogP contribution in [-0.2, 0) is 6.42 Å². The van der Waals surface area contributed by atoms with E-state index in [1.54, 1.807) is 6.92 Å². The van der Waals surface area contributed by atoms with E-state index in [0.29, 0.717) is 0 Å². The molecule has 0 saturated heterocycles. The summed E-state index contributed by atoms with van der Waals surface area (Å²) in [7, 11) is 0. The van der Waals surface area contributed by atoms with E-state index in [1.807, 2.05) is 0 Å². The zero-order chi connectivity index (χ0) is 10.0. The molecule has 0 N–H and O–H groups in total. The third kappa shape index (κ3) is 1.59. The van der Waals surface area contributed by atoms with Gasteiger partial charge in [-0.25, -0.2) is 13.2 Å². The number of hydrogen-bond acceptors (Lipinski definition) is 0.